The number of halogens is 1. The van der Waals surface area contributed by atoms with E-state index in [1.54, 1.807) is 31.2 Å². The number of amides is 1. The van der Waals surface area contributed by atoms with E-state index in [4.69, 9.17) is 16.7 Å². The Morgan fingerprint density at radius 2 is 1.71 bits per heavy atom. The van der Waals surface area contributed by atoms with Crippen molar-refractivity contribution in [1.29, 1.82) is 0 Å². The van der Waals surface area contributed by atoms with Gasteiger partial charge in [-0.05, 0) is 42.8 Å². The van der Waals surface area contributed by atoms with E-state index in [9.17, 15) is 13.2 Å². The molecule has 0 spiro atoms. The van der Waals surface area contributed by atoms with E-state index >= 15 is 0 Å². The number of sulfonamides is 1. The molecule has 156 valence electrons. The minimum atomic E-state index is -3.90. The topological polar surface area (TPSA) is 102 Å². The molecule has 3 N–H and O–H groups in total. The van der Waals surface area contributed by atoms with Crippen LogP contribution in [0.4, 0.5) is 5.69 Å². The molecule has 1 amide bonds. The average molecular weight is 452 g/mol. The van der Waals surface area contributed by atoms with Crippen LogP contribution in [0.1, 0.15) is 15.9 Å². The lowest BCUT2D eigenvalue weighted by Gasteiger charge is -2.13. The summed E-state index contributed by atoms with van der Waals surface area (Å²) in [5.74, 6) is -0.401. The number of primary sulfonamides is 1. The summed E-state index contributed by atoms with van der Waals surface area (Å²) in [7, 11) is -3.90. The summed E-state index contributed by atoms with van der Waals surface area (Å²) in [5, 5.41) is 9.22. The van der Waals surface area contributed by atoms with Crippen LogP contribution in [0.25, 0.3) is 22.2 Å². The van der Waals surface area contributed by atoms with Crippen LogP contribution in [0.15, 0.2) is 77.7 Å². The van der Waals surface area contributed by atoms with E-state index < -0.39 is 15.9 Å². The van der Waals surface area contributed by atoms with Crippen molar-refractivity contribution in [2.45, 2.75) is 11.8 Å². The standard InChI is InChI=1S/C23H18ClN3O3S/c1-14-10-11-15(31(25,29)30)12-21(14)27-23(28)18-13-22(17-7-2-4-8-19(17)24)26-20-9-5-3-6-16(18)20/h2-13H,1H3,(H,27,28)(H2,25,29,30). The molecule has 0 unspecified atom stereocenters. The fraction of sp³-hybridized carbons (Fsp3) is 0.0435. The number of aromatic nitrogens is 1. The number of pyridine rings is 1. The van der Waals surface area contributed by atoms with Crippen molar-refractivity contribution in [1.82, 2.24) is 4.98 Å². The first kappa shape index (κ1) is 21.0. The molecule has 0 aliphatic carbocycles. The molecular formula is C23H18ClN3O3S. The number of hydrogen-bond acceptors (Lipinski definition) is 4. The highest BCUT2D eigenvalue weighted by atomic mass is 35.5. The van der Waals surface area contributed by atoms with Gasteiger partial charge in [0.05, 0.1) is 21.7 Å². The number of hydrogen-bond donors (Lipinski definition) is 2. The molecular weight excluding hydrogens is 434 g/mol. The van der Waals surface area contributed by atoms with Gasteiger partial charge in [-0.1, -0.05) is 54.1 Å². The fourth-order valence-corrected chi connectivity index (χ4v) is 4.04. The molecule has 0 bridgehead atoms. The lowest BCUT2D eigenvalue weighted by Crippen LogP contribution is -2.16. The number of benzene rings is 3. The number of carbonyl (C=O) groups is 1. The Hall–Kier alpha value is -3.26. The van der Waals surface area contributed by atoms with Crippen LogP contribution < -0.4 is 10.5 Å². The molecule has 4 aromatic rings. The highest BCUT2D eigenvalue weighted by Gasteiger charge is 2.17. The average Bonchev–Trinajstić information content (AvgIpc) is 2.74. The first-order valence-electron chi connectivity index (χ1n) is 9.33. The third-order valence-corrected chi connectivity index (χ3v) is 6.14. The van der Waals surface area contributed by atoms with Gasteiger partial charge in [0, 0.05) is 21.7 Å². The van der Waals surface area contributed by atoms with E-state index in [0.29, 0.717) is 44.0 Å². The highest BCUT2D eigenvalue weighted by Crippen LogP contribution is 2.30. The minimum Gasteiger partial charge on any atom is -0.322 e. The maximum Gasteiger partial charge on any atom is 0.256 e. The third-order valence-electron chi connectivity index (χ3n) is 4.90. The number of nitrogens with zero attached hydrogens (tertiary/aromatic N) is 1. The molecule has 0 aliphatic heterocycles. The number of para-hydroxylation sites is 1. The second-order valence-corrected chi connectivity index (χ2v) is 9.00. The summed E-state index contributed by atoms with van der Waals surface area (Å²) in [6, 6.07) is 20.6. The zero-order valence-corrected chi connectivity index (χ0v) is 18.0. The lowest BCUT2D eigenvalue weighted by molar-refractivity contribution is 0.102. The maximum atomic E-state index is 13.3. The Morgan fingerprint density at radius 1 is 1.00 bits per heavy atom. The number of anilines is 1. The third kappa shape index (κ3) is 4.29. The Bertz CT molecular complexity index is 1440. The van der Waals surface area contributed by atoms with Crippen molar-refractivity contribution in [3.63, 3.8) is 0 Å². The number of carbonyl (C=O) groups excluding carboxylic acids is 1. The molecule has 4 rings (SSSR count). The van der Waals surface area contributed by atoms with E-state index in [-0.39, 0.29) is 4.90 Å². The molecule has 0 saturated carbocycles. The Labute approximate surface area is 184 Å². The molecule has 1 heterocycles. The van der Waals surface area contributed by atoms with Gasteiger partial charge in [-0.25, -0.2) is 18.5 Å². The predicted octanol–water partition coefficient (Wildman–Crippen LogP) is 4.76. The van der Waals surface area contributed by atoms with Gasteiger partial charge in [-0.15, -0.1) is 0 Å². The molecule has 31 heavy (non-hydrogen) atoms. The van der Waals surface area contributed by atoms with Gasteiger partial charge in [0.1, 0.15) is 0 Å². The molecule has 0 atom stereocenters. The fourth-order valence-electron chi connectivity index (χ4n) is 3.27. The Kier molecular flexibility index (Phi) is 5.49. The number of fused-ring (bicyclic) bond motifs is 1. The summed E-state index contributed by atoms with van der Waals surface area (Å²) in [6.45, 7) is 1.77. The number of nitrogens with two attached hydrogens (primary N) is 1. The predicted molar refractivity (Wildman–Crippen MR) is 123 cm³/mol. The van der Waals surface area contributed by atoms with Crippen molar-refractivity contribution >= 4 is 44.1 Å². The smallest absolute Gasteiger partial charge is 0.256 e. The van der Waals surface area contributed by atoms with E-state index in [0.717, 1.165) is 0 Å². The Morgan fingerprint density at radius 3 is 2.45 bits per heavy atom. The second kappa shape index (κ2) is 8.11. The van der Waals surface area contributed by atoms with Crippen molar-refractivity contribution in [2.75, 3.05) is 5.32 Å². The van der Waals surface area contributed by atoms with Gasteiger partial charge in [0.15, 0.2) is 0 Å². The summed E-state index contributed by atoms with van der Waals surface area (Å²) < 4.78 is 23.4. The number of nitrogens with one attached hydrogen (secondary N) is 1. The molecule has 3 aromatic carbocycles. The Balaban J connectivity index is 1.83. The largest absolute Gasteiger partial charge is 0.322 e. The van der Waals surface area contributed by atoms with Gasteiger partial charge in [-0.2, -0.15) is 0 Å². The molecule has 8 heteroatoms. The van der Waals surface area contributed by atoms with Gasteiger partial charge in [-0.3, -0.25) is 4.79 Å². The minimum absolute atomic E-state index is 0.0789. The van der Waals surface area contributed by atoms with Gasteiger partial charge >= 0.3 is 0 Å². The van der Waals surface area contributed by atoms with Crippen molar-refractivity contribution < 1.29 is 13.2 Å². The second-order valence-electron chi connectivity index (χ2n) is 7.03. The summed E-state index contributed by atoms with van der Waals surface area (Å²) >= 11 is 6.34. The lowest BCUT2D eigenvalue weighted by atomic mass is 10.0. The summed E-state index contributed by atoms with van der Waals surface area (Å²) in [5.41, 5.74) is 3.35. The first-order valence-corrected chi connectivity index (χ1v) is 11.3. The molecule has 0 saturated heterocycles. The van der Waals surface area contributed by atoms with Gasteiger partial charge < -0.3 is 5.32 Å². The first-order chi connectivity index (χ1) is 14.7. The van der Waals surface area contributed by atoms with Crippen LogP contribution in [-0.2, 0) is 10.0 Å². The quantitative estimate of drug-likeness (QED) is 0.466. The van der Waals surface area contributed by atoms with Crippen LogP contribution in [-0.4, -0.2) is 19.3 Å². The zero-order valence-electron chi connectivity index (χ0n) is 16.5. The number of aryl methyl sites for hydroxylation is 1. The molecule has 0 radical (unpaired) electrons. The monoisotopic (exact) mass is 451 g/mol. The summed E-state index contributed by atoms with van der Waals surface area (Å²) in [6.07, 6.45) is 0. The highest BCUT2D eigenvalue weighted by molar-refractivity contribution is 7.89. The van der Waals surface area contributed by atoms with Crippen molar-refractivity contribution in [3.05, 3.63) is 88.9 Å². The van der Waals surface area contributed by atoms with Gasteiger partial charge in [0.25, 0.3) is 5.91 Å². The van der Waals surface area contributed by atoms with Crippen LogP contribution in [0.5, 0.6) is 0 Å². The van der Waals surface area contributed by atoms with Crippen LogP contribution >= 0.6 is 11.6 Å². The van der Waals surface area contributed by atoms with Crippen molar-refractivity contribution in [3.8, 4) is 11.3 Å². The maximum absolute atomic E-state index is 13.3. The molecule has 0 aliphatic rings. The van der Waals surface area contributed by atoms with Gasteiger partial charge in [0.2, 0.25) is 10.0 Å². The van der Waals surface area contributed by atoms with E-state index in [2.05, 4.69) is 10.3 Å². The zero-order chi connectivity index (χ0) is 22.2. The molecule has 6 nitrogen and oxygen atoms in total. The van der Waals surface area contributed by atoms with E-state index in [1.807, 2.05) is 36.4 Å². The van der Waals surface area contributed by atoms with Crippen LogP contribution in [0.2, 0.25) is 5.02 Å². The molecule has 1 aromatic heterocycles. The molecule has 0 fully saturated rings. The van der Waals surface area contributed by atoms with Crippen LogP contribution in [0, 0.1) is 6.92 Å². The van der Waals surface area contributed by atoms with E-state index in [1.165, 1.54) is 12.1 Å². The SMILES string of the molecule is Cc1ccc(S(N)(=O)=O)cc1NC(=O)c1cc(-c2ccccc2Cl)nc2ccccc12. The van der Waals surface area contributed by atoms with Crippen molar-refractivity contribution in [2.24, 2.45) is 5.14 Å². The summed E-state index contributed by atoms with van der Waals surface area (Å²) in [4.78, 5) is 17.8. The van der Waals surface area contributed by atoms with Crippen LogP contribution in [0.3, 0.4) is 0 Å². The number of rotatable bonds is 4. The normalized spacial score (nSPS) is 11.5.